The Balaban J connectivity index is 0.970. The summed E-state index contributed by atoms with van der Waals surface area (Å²) >= 11 is 0. The lowest BCUT2D eigenvalue weighted by Crippen LogP contribution is -2.62. The monoisotopic (exact) mass is 1150 g/mol. The third-order valence-corrected chi connectivity index (χ3v) is 16.4. The summed E-state index contributed by atoms with van der Waals surface area (Å²) in [4.78, 5) is 143. The Morgan fingerprint density at radius 2 is 1.50 bits per heavy atom. The molecule has 0 spiro atoms. The van der Waals surface area contributed by atoms with Crippen molar-refractivity contribution >= 4 is 71.5 Å². The molecule has 4 aromatic carbocycles. The van der Waals surface area contributed by atoms with Crippen LogP contribution in [-0.2, 0) is 62.1 Å². The SMILES string of the molecule is C/C(=C\C(=O)N[C@H]1CN(C(=O)CCCCCc2ccc3c(c2)n(C)c(=O)n3C2CCC(=O)NC2=O)CC[C@H]2CC[C@@H](C(=O)N[C@@H](CCC(N)=O)C(=O)NC(c3ccccc3)c3ccccc3)N2C1=O)c1ccc(C(F)(F)P(=O)(O)O)cc1. The molecule has 5 atom stereocenters. The van der Waals surface area contributed by atoms with Crippen LogP contribution in [0, 0.1) is 0 Å². The van der Waals surface area contributed by atoms with Crippen molar-refractivity contribution in [3.8, 4) is 0 Å². The number of carbonyl (C=O) groups excluding carboxylic acids is 8. The highest BCUT2D eigenvalue weighted by Gasteiger charge is 2.50. The van der Waals surface area contributed by atoms with E-state index in [-0.39, 0.29) is 86.7 Å². The lowest BCUT2D eigenvalue weighted by atomic mass is 9.98. The summed E-state index contributed by atoms with van der Waals surface area (Å²) in [7, 11) is -4.24. The molecule has 0 radical (unpaired) electrons. The van der Waals surface area contributed by atoms with Crippen molar-refractivity contribution in [3.05, 3.63) is 148 Å². The molecule has 1 aromatic heterocycles. The third kappa shape index (κ3) is 13.8. The maximum Gasteiger partial charge on any atom is 0.399 e. The molecule has 3 aliphatic heterocycles. The number of alkyl halides is 2. The first-order valence-corrected chi connectivity index (χ1v) is 28.8. The quantitative estimate of drug-likeness (QED) is 0.0232. The number of nitrogens with one attached hydrogen (secondary N) is 4. The fraction of sp³-hybridized carbons (Fsp3) is 0.397. The van der Waals surface area contributed by atoms with Crippen molar-refractivity contribution in [2.45, 2.75) is 126 Å². The van der Waals surface area contributed by atoms with Gasteiger partial charge in [-0.3, -0.25) is 57.4 Å². The molecule has 8 N–H and O–H groups in total. The fourth-order valence-corrected chi connectivity index (χ4v) is 11.5. The van der Waals surface area contributed by atoms with Crippen LogP contribution in [0.4, 0.5) is 8.78 Å². The molecule has 4 heterocycles. The van der Waals surface area contributed by atoms with Gasteiger partial charge in [0.05, 0.1) is 17.1 Å². The lowest BCUT2D eigenvalue weighted by molar-refractivity contribution is -0.147. The average Bonchev–Trinajstić information content (AvgIpc) is 4.17. The number of imidazole rings is 1. The predicted octanol–water partition coefficient (Wildman–Crippen LogP) is 4.48. The second kappa shape index (κ2) is 25.8. The number of hydrogen-bond donors (Lipinski definition) is 7. The zero-order chi connectivity index (χ0) is 59.0. The predicted molar refractivity (Wildman–Crippen MR) is 297 cm³/mol. The van der Waals surface area contributed by atoms with E-state index in [1.54, 1.807) is 13.1 Å². The van der Waals surface area contributed by atoms with Crippen molar-refractivity contribution < 1.29 is 61.5 Å². The Morgan fingerprint density at radius 1 is 0.829 bits per heavy atom. The highest BCUT2D eigenvalue weighted by Crippen LogP contribution is 2.59. The molecule has 434 valence electrons. The normalized spacial score (nSPS) is 19.3. The molecule has 0 bridgehead atoms. The molecule has 0 saturated carbocycles. The first kappa shape index (κ1) is 60.0. The molecule has 8 rings (SSSR count). The van der Waals surface area contributed by atoms with Gasteiger partial charge in [-0.2, -0.15) is 8.78 Å². The molecule has 24 heteroatoms. The van der Waals surface area contributed by atoms with Gasteiger partial charge in [0, 0.05) is 57.1 Å². The van der Waals surface area contributed by atoms with Crippen molar-refractivity contribution in [3.63, 3.8) is 0 Å². The van der Waals surface area contributed by atoms with Crippen LogP contribution in [0.2, 0.25) is 0 Å². The zero-order valence-corrected chi connectivity index (χ0v) is 46.2. The number of rotatable bonds is 21. The van der Waals surface area contributed by atoms with Crippen molar-refractivity contribution in [2.75, 3.05) is 13.1 Å². The van der Waals surface area contributed by atoms with E-state index in [9.17, 15) is 66.3 Å². The molecule has 21 nitrogen and oxygen atoms in total. The Morgan fingerprint density at radius 3 is 2.13 bits per heavy atom. The number of nitrogens with zero attached hydrogens (tertiary/aromatic N) is 4. The Bertz CT molecular complexity index is 3350. The van der Waals surface area contributed by atoms with Gasteiger partial charge in [0.15, 0.2) is 0 Å². The van der Waals surface area contributed by atoms with Crippen LogP contribution in [0.1, 0.15) is 117 Å². The molecule has 82 heavy (non-hydrogen) atoms. The number of amides is 8. The molecule has 0 aliphatic carbocycles. The van der Waals surface area contributed by atoms with Crippen molar-refractivity contribution in [1.29, 1.82) is 0 Å². The fourth-order valence-electron chi connectivity index (χ4n) is 11.0. The smallest absolute Gasteiger partial charge is 0.370 e. The van der Waals surface area contributed by atoms with Gasteiger partial charge in [0.2, 0.25) is 47.3 Å². The van der Waals surface area contributed by atoms with Crippen molar-refractivity contribution in [1.82, 2.24) is 40.2 Å². The van der Waals surface area contributed by atoms with Gasteiger partial charge in [-0.25, -0.2) is 4.79 Å². The molecular weight excluding hydrogens is 1080 g/mol. The number of benzene rings is 4. The third-order valence-electron chi connectivity index (χ3n) is 15.5. The molecular formula is C58H66F2N9O12P. The maximum atomic E-state index is 15.0. The summed E-state index contributed by atoms with van der Waals surface area (Å²) in [5.41, 5.74) is 3.82. The Labute approximate surface area is 470 Å². The number of carbonyl (C=O) groups is 8. The number of primary amides is 1. The summed E-state index contributed by atoms with van der Waals surface area (Å²) in [5.74, 6) is -4.70. The molecule has 8 amide bonds. The number of nitrogens with two attached hydrogens (primary N) is 1. The molecule has 3 fully saturated rings. The summed E-state index contributed by atoms with van der Waals surface area (Å²) < 4.78 is 43.3. The summed E-state index contributed by atoms with van der Waals surface area (Å²) in [6, 6.07) is 21.9. The van der Waals surface area contributed by atoms with Gasteiger partial charge in [-0.05, 0) is 98.2 Å². The summed E-state index contributed by atoms with van der Waals surface area (Å²) in [6.07, 6.45) is 4.23. The van der Waals surface area contributed by atoms with E-state index >= 15 is 0 Å². The van der Waals surface area contributed by atoms with Gasteiger partial charge in [-0.15, -0.1) is 0 Å². The van der Waals surface area contributed by atoms with Gasteiger partial charge in [0.25, 0.3) is 0 Å². The minimum absolute atomic E-state index is 0.0941. The van der Waals surface area contributed by atoms with Gasteiger partial charge < -0.3 is 41.3 Å². The van der Waals surface area contributed by atoms with Crippen LogP contribution in [0.25, 0.3) is 16.6 Å². The van der Waals surface area contributed by atoms with E-state index in [1.165, 1.54) is 25.9 Å². The topological polar surface area (TPSA) is 302 Å². The number of imide groups is 1. The molecule has 1 unspecified atom stereocenters. The van der Waals surface area contributed by atoms with E-state index < -0.39 is 90.5 Å². The summed E-state index contributed by atoms with van der Waals surface area (Å²) in [6.45, 7) is 1.34. The average molecular weight is 1150 g/mol. The summed E-state index contributed by atoms with van der Waals surface area (Å²) in [5, 5.41) is 10.8. The van der Waals surface area contributed by atoms with E-state index in [4.69, 9.17) is 5.73 Å². The van der Waals surface area contributed by atoms with Gasteiger partial charge in [0.1, 0.15) is 24.2 Å². The second-order valence-electron chi connectivity index (χ2n) is 21.1. The standard InChI is InChI=1S/C58H66F2N9O12P/c1-35(37-19-21-40(22-20-37)58(59,60)82(79,80)81)32-50(72)62-43-34-67(51(73)17-11-3-6-12-36-18-25-44-47(33-36)66(2)57(78)69(44)46-27-29-49(71)64-55(46)76)31-30-41-23-26-45(68(41)56(43)77)54(75)63-42(24-28-48(61)70)53(74)65-52(38-13-7-4-8-14-38)39-15-9-5-10-16-39/h4-5,7-10,13-16,18-22,25,32-33,41-43,45-46,52H,3,6,11-12,17,23-24,26-31,34H2,1-2H3,(H2,61,70)(H,62,72)(H,63,75)(H,65,74)(H,64,71,76)(H2,79,80,81)/b35-32+/t41-,42+,43+,45+,46?/m1/s1. The number of halogens is 2. The van der Waals surface area contributed by atoms with Crippen LogP contribution >= 0.6 is 7.60 Å². The number of fused-ring (bicyclic) bond motifs is 2. The lowest BCUT2D eigenvalue weighted by Gasteiger charge is -2.39. The number of piperidine rings is 1. The highest BCUT2D eigenvalue weighted by atomic mass is 31.2. The first-order chi connectivity index (χ1) is 39.0. The van der Waals surface area contributed by atoms with E-state index in [1.807, 2.05) is 72.8 Å². The van der Waals surface area contributed by atoms with Crippen molar-refractivity contribution in [2.24, 2.45) is 12.8 Å². The van der Waals surface area contributed by atoms with Crippen LogP contribution in [0.15, 0.2) is 114 Å². The van der Waals surface area contributed by atoms with E-state index in [2.05, 4.69) is 21.3 Å². The maximum absolute atomic E-state index is 15.0. The molecule has 5 aromatic rings. The highest BCUT2D eigenvalue weighted by molar-refractivity contribution is 7.52. The Hall–Kier alpha value is -8.14. The zero-order valence-electron chi connectivity index (χ0n) is 45.3. The largest absolute Gasteiger partial charge is 0.399 e. The van der Waals surface area contributed by atoms with Crippen LogP contribution in [0.5, 0.6) is 0 Å². The van der Waals surface area contributed by atoms with E-state index in [0.717, 1.165) is 47.0 Å². The molecule has 3 aliphatic rings. The van der Waals surface area contributed by atoms with E-state index in [0.29, 0.717) is 43.1 Å². The van der Waals surface area contributed by atoms with Crippen LogP contribution < -0.4 is 32.7 Å². The minimum atomic E-state index is -5.86. The van der Waals surface area contributed by atoms with Crippen LogP contribution in [-0.4, -0.2) is 113 Å². The number of aryl methyl sites for hydroxylation is 2. The van der Waals surface area contributed by atoms with Crippen LogP contribution in [0.3, 0.4) is 0 Å². The number of unbranched alkanes of at least 4 members (excludes halogenated alkanes) is 2. The Kier molecular flexibility index (Phi) is 18.8. The number of allylic oxidation sites excluding steroid dienone is 1. The van der Waals surface area contributed by atoms with Gasteiger partial charge >= 0.3 is 18.9 Å². The number of hydrogen-bond acceptors (Lipinski definition) is 10. The first-order valence-electron chi connectivity index (χ1n) is 27.2. The molecule has 3 saturated heterocycles. The second-order valence-corrected chi connectivity index (χ2v) is 22.7. The minimum Gasteiger partial charge on any atom is -0.370 e. The van der Waals surface area contributed by atoms with Gasteiger partial charge in [-0.1, -0.05) is 97.4 Å². The number of aromatic nitrogens is 2.